The summed E-state index contributed by atoms with van der Waals surface area (Å²) < 4.78 is 16.1. The fraction of sp³-hybridized carbons (Fsp3) is 0.333. The number of ether oxygens (including phenoxy) is 2. The molecule has 0 bridgehead atoms. The summed E-state index contributed by atoms with van der Waals surface area (Å²) in [5.41, 5.74) is 1.05. The second kappa shape index (κ2) is 11.2. The van der Waals surface area contributed by atoms with Gasteiger partial charge in [0.1, 0.15) is 17.3 Å². The monoisotopic (exact) mass is 494 g/mol. The summed E-state index contributed by atoms with van der Waals surface area (Å²) in [6.45, 7) is 3.49. The molecular weight excluding hydrogens is 464 g/mol. The van der Waals surface area contributed by atoms with Gasteiger partial charge >= 0.3 is 5.97 Å². The van der Waals surface area contributed by atoms with E-state index in [0.29, 0.717) is 17.9 Å². The van der Waals surface area contributed by atoms with Crippen LogP contribution in [0, 0.1) is 0 Å². The summed E-state index contributed by atoms with van der Waals surface area (Å²) in [5.74, 6) is -0.720. The summed E-state index contributed by atoms with van der Waals surface area (Å²) in [6.07, 6.45) is -0.166. The highest BCUT2D eigenvalue weighted by Gasteiger charge is 2.27. The zero-order valence-corrected chi connectivity index (χ0v) is 20.3. The van der Waals surface area contributed by atoms with E-state index in [1.165, 1.54) is 25.3 Å². The largest absolute Gasteiger partial charge is 0.508 e. The van der Waals surface area contributed by atoms with Gasteiger partial charge in [-0.05, 0) is 42.0 Å². The van der Waals surface area contributed by atoms with Gasteiger partial charge in [-0.3, -0.25) is 14.5 Å². The van der Waals surface area contributed by atoms with Crippen LogP contribution in [0.3, 0.4) is 0 Å². The molecule has 0 radical (unpaired) electrons. The molecule has 1 saturated heterocycles. The third-order valence-corrected chi connectivity index (χ3v) is 6.38. The molecule has 9 nitrogen and oxygen atoms in total. The van der Waals surface area contributed by atoms with Crippen molar-refractivity contribution in [2.45, 2.75) is 18.9 Å². The first kappa shape index (κ1) is 25.1. The average Bonchev–Trinajstić information content (AvgIpc) is 2.89. The van der Waals surface area contributed by atoms with Crippen LogP contribution in [-0.2, 0) is 16.1 Å². The number of rotatable bonds is 8. The van der Waals surface area contributed by atoms with Crippen LogP contribution < -0.4 is 15.1 Å². The van der Waals surface area contributed by atoms with Gasteiger partial charge in [-0.1, -0.05) is 12.1 Å². The smallest absolute Gasteiger partial charge is 0.306 e. The van der Waals surface area contributed by atoms with Crippen molar-refractivity contribution in [1.82, 2.24) is 4.90 Å². The van der Waals surface area contributed by atoms with Gasteiger partial charge in [0, 0.05) is 37.9 Å². The number of phenolic OH excluding ortho intramolecular Hbond substituents is 1. The van der Waals surface area contributed by atoms with Crippen molar-refractivity contribution >= 4 is 11.7 Å². The lowest BCUT2D eigenvalue weighted by Gasteiger charge is -2.36. The van der Waals surface area contributed by atoms with Crippen LogP contribution in [0.4, 0.5) is 5.69 Å². The van der Waals surface area contributed by atoms with Crippen LogP contribution in [-0.4, -0.2) is 61.5 Å². The number of hydrogen-bond acceptors (Lipinski definition) is 9. The van der Waals surface area contributed by atoms with Crippen LogP contribution >= 0.6 is 0 Å². The van der Waals surface area contributed by atoms with Gasteiger partial charge in [0.25, 0.3) is 0 Å². The molecule has 0 unspecified atom stereocenters. The van der Waals surface area contributed by atoms with Crippen molar-refractivity contribution in [3.05, 3.63) is 81.9 Å². The van der Waals surface area contributed by atoms with Gasteiger partial charge in [0.2, 0.25) is 11.2 Å². The second-order valence-corrected chi connectivity index (χ2v) is 8.68. The predicted octanol–water partition coefficient (Wildman–Crippen LogP) is 3.08. The molecule has 2 heterocycles. The Morgan fingerprint density at radius 2 is 1.75 bits per heavy atom. The fourth-order valence-electron chi connectivity index (χ4n) is 4.40. The topological polar surface area (TPSA) is 113 Å². The predicted molar refractivity (Wildman–Crippen MR) is 134 cm³/mol. The lowest BCUT2D eigenvalue weighted by atomic mass is 9.92. The number of hydrogen-bond donors (Lipinski definition) is 2. The second-order valence-electron chi connectivity index (χ2n) is 8.68. The maximum Gasteiger partial charge on any atom is 0.306 e. The molecule has 0 spiro atoms. The van der Waals surface area contributed by atoms with Crippen LogP contribution in [0.15, 0.2) is 63.8 Å². The molecular formula is C27H30N2O7. The van der Waals surface area contributed by atoms with Gasteiger partial charge < -0.3 is 29.0 Å². The van der Waals surface area contributed by atoms with Crippen LogP contribution in [0.2, 0.25) is 0 Å². The highest BCUT2D eigenvalue weighted by atomic mass is 16.5. The van der Waals surface area contributed by atoms with Crippen molar-refractivity contribution in [2.75, 3.05) is 45.3 Å². The van der Waals surface area contributed by atoms with Gasteiger partial charge in [0.05, 0.1) is 33.1 Å². The Hall–Kier alpha value is -3.98. The Morgan fingerprint density at radius 1 is 1.03 bits per heavy atom. The molecule has 4 rings (SSSR count). The summed E-state index contributed by atoms with van der Waals surface area (Å²) in [7, 11) is 2.90. The van der Waals surface area contributed by atoms with E-state index in [-0.39, 0.29) is 17.9 Å². The minimum atomic E-state index is -0.802. The molecule has 0 saturated carbocycles. The quantitative estimate of drug-likeness (QED) is 0.456. The van der Waals surface area contributed by atoms with Gasteiger partial charge in [0.15, 0.2) is 5.76 Å². The Morgan fingerprint density at radius 3 is 2.39 bits per heavy atom. The minimum Gasteiger partial charge on any atom is -0.508 e. The van der Waals surface area contributed by atoms with Crippen molar-refractivity contribution in [3.8, 4) is 17.2 Å². The molecule has 1 fully saturated rings. The molecule has 1 aromatic heterocycles. The maximum atomic E-state index is 12.6. The molecule has 0 amide bonds. The Labute approximate surface area is 209 Å². The molecule has 0 aliphatic carbocycles. The van der Waals surface area contributed by atoms with Gasteiger partial charge in [-0.25, -0.2) is 0 Å². The number of aromatic hydroxyl groups is 2. The van der Waals surface area contributed by atoms with Crippen LogP contribution in [0.25, 0.3) is 0 Å². The SMILES string of the molecule is COC(=O)C[C@@H](c1cccc(O)c1)c1oc(CN2CCN(c3ccc(OC)cc3)CC2)cc(=O)c1O. The number of esters is 1. The van der Waals surface area contributed by atoms with Gasteiger partial charge in [-0.2, -0.15) is 0 Å². The van der Waals surface area contributed by atoms with E-state index in [9.17, 15) is 19.8 Å². The number of phenols is 1. The Bertz CT molecular complexity index is 1250. The van der Waals surface area contributed by atoms with Crippen LogP contribution in [0.5, 0.6) is 17.2 Å². The fourth-order valence-corrected chi connectivity index (χ4v) is 4.40. The number of anilines is 1. The summed E-state index contributed by atoms with van der Waals surface area (Å²) in [4.78, 5) is 29.2. The van der Waals surface area contributed by atoms with E-state index in [4.69, 9.17) is 13.9 Å². The number of nitrogens with zero attached hydrogens (tertiary/aromatic N) is 2. The van der Waals surface area contributed by atoms with Crippen molar-refractivity contribution < 1.29 is 28.9 Å². The van der Waals surface area contributed by atoms with Crippen molar-refractivity contribution in [3.63, 3.8) is 0 Å². The highest BCUT2D eigenvalue weighted by molar-refractivity contribution is 5.71. The third kappa shape index (κ3) is 5.80. The number of carbonyl (C=O) groups excluding carboxylic acids is 1. The molecule has 1 aliphatic heterocycles. The number of piperazine rings is 1. The van der Waals surface area contributed by atoms with Crippen LogP contribution in [0.1, 0.15) is 29.4 Å². The van der Waals surface area contributed by atoms with E-state index in [1.807, 2.05) is 24.3 Å². The minimum absolute atomic E-state index is 0.00455. The maximum absolute atomic E-state index is 12.6. The first-order valence-electron chi connectivity index (χ1n) is 11.7. The van der Waals surface area contributed by atoms with E-state index in [2.05, 4.69) is 9.80 Å². The van der Waals surface area contributed by atoms with Gasteiger partial charge in [-0.15, -0.1) is 0 Å². The average molecular weight is 495 g/mol. The molecule has 1 atom stereocenters. The standard InChI is InChI=1S/C27H30N2O7/c1-34-21-8-6-19(7-9-21)29-12-10-28(11-13-29)17-22-15-24(31)26(33)27(36-22)23(16-25(32)35-2)18-4-3-5-20(30)14-18/h3-9,14-15,23,30,33H,10-13,16-17H2,1-2H3/t23-/m0/s1. The lowest BCUT2D eigenvalue weighted by molar-refractivity contribution is -0.140. The molecule has 1 aliphatic rings. The molecule has 9 heteroatoms. The lowest BCUT2D eigenvalue weighted by Crippen LogP contribution is -2.46. The number of carbonyl (C=O) groups is 1. The molecule has 3 aromatic rings. The Balaban J connectivity index is 1.52. The Kier molecular flexibility index (Phi) is 7.80. The van der Waals surface area contributed by atoms with E-state index >= 15 is 0 Å². The zero-order valence-electron chi connectivity index (χ0n) is 20.3. The van der Waals surface area contributed by atoms with Crippen molar-refractivity contribution in [2.24, 2.45) is 0 Å². The normalized spacial score (nSPS) is 14.9. The number of benzene rings is 2. The van der Waals surface area contributed by atoms with E-state index in [1.54, 1.807) is 19.2 Å². The number of methoxy groups -OCH3 is 2. The molecule has 2 aromatic carbocycles. The highest BCUT2D eigenvalue weighted by Crippen LogP contribution is 2.35. The van der Waals surface area contributed by atoms with E-state index in [0.717, 1.165) is 37.6 Å². The molecule has 2 N–H and O–H groups in total. The summed E-state index contributed by atoms with van der Waals surface area (Å²) in [6, 6.07) is 15.5. The van der Waals surface area contributed by atoms with Crippen molar-refractivity contribution in [1.29, 1.82) is 0 Å². The summed E-state index contributed by atoms with van der Waals surface area (Å²) in [5, 5.41) is 20.5. The summed E-state index contributed by atoms with van der Waals surface area (Å²) >= 11 is 0. The first-order chi connectivity index (χ1) is 17.4. The van der Waals surface area contributed by atoms with E-state index < -0.39 is 23.1 Å². The molecule has 36 heavy (non-hydrogen) atoms. The first-order valence-corrected chi connectivity index (χ1v) is 11.7. The molecule has 190 valence electrons. The zero-order chi connectivity index (χ0) is 25.7. The third-order valence-electron chi connectivity index (χ3n) is 6.38.